The number of Topliss-reactive ketones (excluding diaryl/α,β-unsaturated/α-hetero) is 1. The fourth-order valence-corrected chi connectivity index (χ4v) is 2.10. The van der Waals surface area contributed by atoms with Gasteiger partial charge in [-0.1, -0.05) is 67.6 Å². The zero-order chi connectivity index (χ0) is 12.3. The van der Waals surface area contributed by atoms with Gasteiger partial charge >= 0.3 is 0 Å². The average molecular weight is 224 g/mol. The quantitative estimate of drug-likeness (QED) is 0.563. The van der Waals surface area contributed by atoms with Crippen LogP contribution in [0.5, 0.6) is 0 Å². The molecule has 0 aliphatic heterocycles. The molecule has 1 aromatic carbocycles. The van der Waals surface area contributed by atoms with Crippen molar-refractivity contribution in [1.82, 2.24) is 0 Å². The van der Waals surface area contributed by atoms with Gasteiger partial charge in [-0.2, -0.15) is 0 Å². The molecule has 0 fully saturated rings. The van der Waals surface area contributed by atoms with E-state index in [2.05, 4.69) is 6.58 Å². The predicted octanol–water partition coefficient (Wildman–Crippen LogP) is 3.80. The monoisotopic (exact) mass is 224 g/mol. The first-order valence-electron chi connectivity index (χ1n) is 5.76. The molecule has 17 heavy (non-hydrogen) atoms. The summed E-state index contributed by atoms with van der Waals surface area (Å²) in [7, 11) is 0. The van der Waals surface area contributed by atoms with Crippen LogP contribution in [0.2, 0.25) is 0 Å². The first-order valence-corrected chi connectivity index (χ1v) is 5.76. The lowest BCUT2D eigenvalue weighted by atomic mass is 9.71. The maximum Gasteiger partial charge on any atom is 0.170 e. The molecule has 2 unspecified atom stereocenters. The van der Waals surface area contributed by atoms with Crippen LogP contribution in [0.4, 0.5) is 0 Å². The minimum Gasteiger partial charge on any atom is -0.293 e. The fourth-order valence-electron chi connectivity index (χ4n) is 2.10. The Morgan fingerprint density at radius 3 is 2.65 bits per heavy atom. The van der Waals surface area contributed by atoms with Crippen molar-refractivity contribution >= 4 is 5.78 Å². The lowest BCUT2D eigenvalue weighted by Gasteiger charge is -2.31. The van der Waals surface area contributed by atoms with Gasteiger partial charge in [0.2, 0.25) is 0 Å². The zero-order valence-corrected chi connectivity index (χ0v) is 9.97. The Morgan fingerprint density at radius 2 is 2.00 bits per heavy atom. The molecule has 0 amide bonds. The van der Waals surface area contributed by atoms with E-state index in [1.807, 2.05) is 67.6 Å². The van der Waals surface area contributed by atoms with Gasteiger partial charge in [-0.25, -0.2) is 0 Å². The second kappa shape index (κ2) is 4.54. The number of hydrogen-bond acceptors (Lipinski definition) is 1. The van der Waals surface area contributed by atoms with Crippen LogP contribution in [0.3, 0.4) is 0 Å². The van der Waals surface area contributed by atoms with Crippen LogP contribution in [0.15, 0.2) is 67.3 Å². The van der Waals surface area contributed by atoms with Gasteiger partial charge in [0, 0.05) is 11.0 Å². The van der Waals surface area contributed by atoms with Crippen LogP contribution < -0.4 is 0 Å². The second-order valence-corrected chi connectivity index (χ2v) is 4.52. The highest BCUT2D eigenvalue weighted by Gasteiger charge is 2.34. The van der Waals surface area contributed by atoms with E-state index in [0.717, 1.165) is 5.56 Å². The van der Waals surface area contributed by atoms with Crippen molar-refractivity contribution in [3.63, 3.8) is 0 Å². The highest BCUT2D eigenvalue weighted by Crippen LogP contribution is 2.36. The summed E-state index contributed by atoms with van der Waals surface area (Å²) < 4.78 is 0. The Bertz CT molecular complexity index is 482. The van der Waals surface area contributed by atoms with Crippen LogP contribution in [0.1, 0.15) is 17.3 Å². The number of allylic oxidation sites excluding steroid dienone is 5. The minimum atomic E-state index is -0.290. The van der Waals surface area contributed by atoms with Crippen molar-refractivity contribution in [3.05, 3.63) is 72.9 Å². The summed E-state index contributed by atoms with van der Waals surface area (Å²) in [6.45, 7) is 5.88. The molecule has 0 spiro atoms. The maximum absolute atomic E-state index is 12.4. The SMILES string of the molecule is C=CC1(C)C=CC=CC1C(=O)c1ccccc1. The third-order valence-electron chi connectivity index (χ3n) is 3.32. The number of benzene rings is 1. The standard InChI is InChI=1S/C16H16O/c1-3-16(2)12-8-7-11-14(16)15(17)13-9-5-4-6-10-13/h3-12,14H,1H2,2H3. The molecule has 1 heteroatoms. The largest absolute Gasteiger partial charge is 0.293 e. The topological polar surface area (TPSA) is 17.1 Å². The molecule has 1 aliphatic rings. The van der Waals surface area contributed by atoms with Gasteiger partial charge in [-0.15, -0.1) is 6.58 Å². The number of ketones is 1. The normalized spacial score (nSPS) is 26.8. The maximum atomic E-state index is 12.4. The lowest BCUT2D eigenvalue weighted by molar-refractivity contribution is 0.0901. The first-order chi connectivity index (χ1) is 8.17. The summed E-state index contributed by atoms with van der Waals surface area (Å²) in [5.41, 5.74) is 0.465. The van der Waals surface area contributed by atoms with E-state index in [-0.39, 0.29) is 17.1 Å². The van der Waals surface area contributed by atoms with Gasteiger partial charge in [0.1, 0.15) is 0 Å². The smallest absolute Gasteiger partial charge is 0.170 e. The number of carbonyl (C=O) groups excluding carboxylic acids is 1. The average Bonchev–Trinajstić information content (AvgIpc) is 2.39. The van der Waals surface area contributed by atoms with Gasteiger partial charge in [-0.05, 0) is 0 Å². The Kier molecular flexibility index (Phi) is 3.10. The Morgan fingerprint density at radius 1 is 1.29 bits per heavy atom. The van der Waals surface area contributed by atoms with E-state index in [1.54, 1.807) is 0 Å². The number of carbonyl (C=O) groups is 1. The van der Waals surface area contributed by atoms with Crippen LogP contribution in [-0.4, -0.2) is 5.78 Å². The van der Waals surface area contributed by atoms with Gasteiger partial charge < -0.3 is 0 Å². The van der Waals surface area contributed by atoms with E-state index in [4.69, 9.17) is 0 Å². The van der Waals surface area contributed by atoms with Crippen molar-refractivity contribution < 1.29 is 4.79 Å². The summed E-state index contributed by atoms with van der Waals surface area (Å²) in [5.74, 6) is -0.0130. The van der Waals surface area contributed by atoms with Crippen molar-refractivity contribution in [1.29, 1.82) is 0 Å². The summed E-state index contributed by atoms with van der Waals surface area (Å²) in [6.07, 6.45) is 9.73. The van der Waals surface area contributed by atoms with E-state index < -0.39 is 0 Å². The van der Waals surface area contributed by atoms with Crippen molar-refractivity contribution in [2.75, 3.05) is 0 Å². The van der Waals surface area contributed by atoms with E-state index in [0.29, 0.717) is 0 Å². The fraction of sp³-hybridized carbons (Fsp3) is 0.188. The molecule has 0 heterocycles. The molecule has 2 atom stereocenters. The molecule has 0 N–H and O–H groups in total. The first kappa shape index (κ1) is 11.6. The molecule has 0 bridgehead atoms. The number of hydrogen-bond donors (Lipinski definition) is 0. The van der Waals surface area contributed by atoms with E-state index in [9.17, 15) is 4.79 Å². The van der Waals surface area contributed by atoms with Crippen molar-refractivity contribution in [2.24, 2.45) is 11.3 Å². The van der Waals surface area contributed by atoms with Crippen LogP contribution in [0, 0.1) is 11.3 Å². The van der Waals surface area contributed by atoms with Crippen LogP contribution >= 0.6 is 0 Å². The summed E-state index contributed by atoms with van der Waals surface area (Å²) in [5, 5.41) is 0. The number of rotatable bonds is 3. The van der Waals surface area contributed by atoms with Crippen LogP contribution in [-0.2, 0) is 0 Å². The Hall–Kier alpha value is -1.89. The summed E-state index contributed by atoms with van der Waals surface area (Å²) in [4.78, 5) is 12.4. The molecule has 0 saturated carbocycles. The highest BCUT2D eigenvalue weighted by molar-refractivity contribution is 6.00. The van der Waals surface area contributed by atoms with E-state index >= 15 is 0 Å². The molecule has 0 saturated heterocycles. The van der Waals surface area contributed by atoms with Gasteiger partial charge in [0.15, 0.2) is 5.78 Å². The molecular formula is C16H16O. The van der Waals surface area contributed by atoms with Crippen molar-refractivity contribution in [2.45, 2.75) is 6.92 Å². The molecule has 1 aliphatic carbocycles. The predicted molar refractivity (Wildman–Crippen MR) is 70.8 cm³/mol. The van der Waals surface area contributed by atoms with Gasteiger partial charge in [0.25, 0.3) is 0 Å². The molecule has 2 rings (SSSR count). The summed E-state index contributed by atoms with van der Waals surface area (Å²) in [6, 6.07) is 9.41. The molecule has 1 nitrogen and oxygen atoms in total. The lowest BCUT2D eigenvalue weighted by Crippen LogP contribution is -2.30. The molecule has 0 radical (unpaired) electrons. The molecule has 0 aromatic heterocycles. The van der Waals surface area contributed by atoms with Crippen molar-refractivity contribution in [3.8, 4) is 0 Å². The Labute approximate surface area is 102 Å². The summed E-state index contributed by atoms with van der Waals surface area (Å²) >= 11 is 0. The second-order valence-electron chi connectivity index (χ2n) is 4.52. The van der Waals surface area contributed by atoms with E-state index in [1.165, 1.54) is 0 Å². The van der Waals surface area contributed by atoms with Gasteiger partial charge in [-0.3, -0.25) is 4.79 Å². The zero-order valence-electron chi connectivity index (χ0n) is 9.97. The van der Waals surface area contributed by atoms with Crippen LogP contribution in [0.25, 0.3) is 0 Å². The molecule has 86 valence electrons. The van der Waals surface area contributed by atoms with Gasteiger partial charge in [0.05, 0.1) is 5.92 Å². The Balaban J connectivity index is 2.34. The molecule has 1 aromatic rings. The third kappa shape index (κ3) is 2.14. The highest BCUT2D eigenvalue weighted by atomic mass is 16.1. The minimum absolute atomic E-state index is 0.147. The molecular weight excluding hydrogens is 208 g/mol. The third-order valence-corrected chi connectivity index (χ3v) is 3.32.